The number of rotatable bonds is 8. The van der Waals surface area contributed by atoms with E-state index in [0.29, 0.717) is 0 Å². The first-order valence-corrected chi connectivity index (χ1v) is 7.82. The van der Waals surface area contributed by atoms with E-state index in [1.165, 1.54) is 0 Å². The van der Waals surface area contributed by atoms with Crippen LogP contribution in [-0.2, 0) is 23.9 Å². The number of amides is 1. The van der Waals surface area contributed by atoms with Gasteiger partial charge in [0.1, 0.15) is 42.7 Å². The molecular weight excluding hydrogens is 374 g/mol. The van der Waals surface area contributed by atoms with Crippen LogP contribution in [0, 0.1) is 0 Å². The Kier molecular flexibility index (Phi) is 8.64. The molecular formula is C14H23NO12. The lowest BCUT2D eigenvalue weighted by Crippen LogP contribution is -2.65. The minimum Gasteiger partial charge on any atom is -0.431 e. The number of nitrogens with one attached hydrogen (secondary N) is 1. The van der Waals surface area contributed by atoms with E-state index in [1.807, 2.05) is 0 Å². The van der Waals surface area contributed by atoms with Gasteiger partial charge in [0.15, 0.2) is 12.4 Å². The summed E-state index contributed by atoms with van der Waals surface area (Å²) in [6, 6.07) is -1.49. The normalized spacial score (nSPS) is 32.7. The average Bonchev–Trinajstić information content (AvgIpc) is 2.64. The van der Waals surface area contributed by atoms with Crippen molar-refractivity contribution in [1.29, 1.82) is 0 Å². The molecule has 9 atom stereocenters. The number of esters is 1. The van der Waals surface area contributed by atoms with Gasteiger partial charge in [0, 0.05) is 6.92 Å². The van der Waals surface area contributed by atoms with Crippen molar-refractivity contribution in [2.75, 3.05) is 6.61 Å². The molecule has 1 unspecified atom stereocenters. The largest absolute Gasteiger partial charge is 0.431 e. The molecule has 0 spiro atoms. The summed E-state index contributed by atoms with van der Waals surface area (Å²) >= 11 is 0. The van der Waals surface area contributed by atoms with E-state index in [9.17, 15) is 39.9 Å². The molecule has 1 fully saturated rings. The molecule has 0 saturated carbocycles. The predicted octanol–water partition coefficient (Wildman–Crippen LogP) is -5.88. The molecule has 0 radical (unpaired) electrons. The van der Waals surface area contributed by atoms with E-state index < -0.39 is 73.5 Å². The van der Waals surface area contributed by atoms with E-state index in [-0.39, 0.29) is 6.29 Å². The molecule has 1 rings (SSSR count). The van der Waals surface area contributed by atoms with Crippen LogP contribution in [0.15, 0.2) is 0 Å². The maximum absolute atomic E-state index is 12.0. The monoisotopic (exact) mass is 397 g/mol. The van der Waals surface area contributed by atoms with Gasteiger partial charge in [-0.1, -0.05) is 0 Å². The maximum Gasteiger partial charge on any atom is 0.340 e. The maximum atomic E-state index is 12.0. The number of hydrogen-bond acceptors (Lipinski definition) is 12. The fourth-order valence-electron chi connectivity index (χ4n) is 2.36. The van der Waals surface area contributed by atoms with Crippen LogP contribution in [0.5, 0.6) is 0 Å². The summed E-state index contributed by atoms with van der Waals surface area (Å²) in [6.45, 7) is 0.278. The molecule has 0 aromatic carbocycles. The lowest BCUT2D eigenvalue weighted by Gasteiger charge is -2.41. The molecule has 0 bridgehead atoms. The third-order valence-corrected chi connectivity index (χ3v) is 3.89. The second-order valence-corrected chi connectivity index (χ2v) is 5.92. The van der Waals surface area contributed by atoms with Crippen LogP contribution in [0.2, 0.25) is 0 Å². The smallest absolute Gasteiger partial charge is 0.340 e. The third kappa shape index (κ3) is 5.63. The van der Waals surface area contributed by atoms with Crippen LogP contribution in [0.25, 0.3) is 0 Å². The highest BCUT2D eigenvalue weighted by Crippen LogP contribution is 2.23. The summed E-state index contributed by atoms with van der Waals surface area (Å²) in [7, 11) is 0. The number of aliphatic hydroxyl groups excluding tert-OH is 7. The van der Waals surface area contributed by atoms with Gasteiger partial charge < -0.3 is 55.3 Å². The molecule has 1 aliphatic rings. The van der Waals surface area contributed by atoms with Gasteiger partial charge in [-0.2, -0.15) is 0 Å². The van der Waals surface area contributed by atoms with Crippen LogP contribution in [0.1, 0.15) is 6.92 Å². The molecule has 1 heterocycles. The number of aliphatic hydroxyl groups is 7. The Morgan fingerprint density at radius 2 is 1.74 bits per heavy atom. The van der Waals surface area contributed by atoms with Crippen molar-refractivity contribution in [3.8, 4) is 0 Å². The fourth-order valence-corrected chi connectivity index (χ4v) is 2.36. The molecule has 13 nitrogen and oxygen atoms in total. The number of hydrogen-bond donors (Lipinski definition) is 8. The Labute approximate surface area is 152 Å². The summed E-state index contributed by atoms with van der Waals surface area (Å²) < 4.78 is 9.84. The topological polar surface area (TPSA) is 223 Å². The van der Waals surface area contributed by atoms with Crippen molar-refractivity contribution in [2.45, 2.75) is 62.0 Å². The summed E-state index contributed by atoms with van der Waals surface area (Å²) in [5.74, 6) is -2.29. The van der Waals surface area contributed by atoms with Gasteiger partial charge >= 0.3 is 5.97 Å². The first kappa shape index (κ1) is 23.3. The molecule has 0 aliphatic carbocycles. The molecule has 1 saturated heterocycles. The summed E-state index contributed by atoms with van der Waals surface area (Å²) in [6.07, 6.45) is -15.7. The Bertz CT molecular complexity index is 530. The van der Waals surface area contributed by atoms with Crippen LogP contribution in [0.3, 0.4) is 0 Å². The van der Waals surface area contributed by atoms with E-state index >= 15 is 0 Å². The quantitative estimate of drug-likeness (QED) is 0.142. The number of carbonyl (C=O) groups is 3. The van der Waals surface area contributed by atoms with Gasteiger partial charge in [-0.25, -0.2) is 4.79 Å². The summed E-state index contributed by atoms with van der Waals surface area (Å²) in [5, 5.41) is 69.1. The molecule has 1 amide bonds. The van der Waals surface area contributed by atoms with Crippen LogP contribution in [-0.4, -0.2) is 116 Å². The third-order valence-electron chi connectivity index (χ3n) is 3.89. The molecule has 0 aromatic heterocycles. The SMILES string of the molecule is CC(=O)N[C@H]1C(OC(=O)[C@@H](O)[C@H](O)[C@@H](O)[C@H](O)C=O)O[C@H](CO)[C@@H](O)[C@@H]1O. The van der Waals surface area contributed by atoms with Crippen molar-refractivity contribution in [3.63, 3.8) is 0 Å². The molecule has 0 aromatic rings. The van der Waals surface area contributed by atoms with Gasteiger partial charge in [-0.15, -0.1) is 0 Å². The first-order valence-electron chi connectivity index (χ1n) is 7.82. The zero-order valence-corrected chi connectivity index (χ0v) is 14.2. The van der Waals surface area contributed by atoms with Crippen molar-refractivity contribution in [3.05, 3.63) is 0 Å². The summed E-state index contributed by atoms with van der Waals surface area (Å²) in [4.78, 5) is 33.6. The lowest BCUT2D eigenvalue weighted by atomic mass is 9.97. The zero-order chi connectivity index (χ0) is 20.9. The second kappa shape index (κ2) is 10.0. The molecule has 13 heteroatoms. The highest BCUT2D eigenvalue weighted by molar-refractivity contribution is 5.76. The Morgan fingerprint density at radius 3 is 2.22 bits per heavy atom. The van der Waals surface area contributed by atoms with E-state index in [2.05, 4.69) is 5.32 Å². The highest BCUT2D eigenvalue weighted by Gasteiger charge is 2.47. The Hall–Kier alpha value is -1.71. The van der Waals surface area contributed by atoms with Crippen molar-refractivity contribution in [2.24, 2.45) is 0 Å². The number of aldehydes is 1. The zero-order valence-electron chi connectivity index (χ0n) is 14.2. The first-order chi connectivity index (χ1) is 12.5. The van der Waals surface area contributed by atoms with Gasteiger partial charge in [-0.05, 0) is 0 Å². The second-order valence-electron chi connectivity index (χ2n) is 5.92. The lowest BCUT2D eigenvalue weighted by molar-refractivity contribution is -0.268. The van der Waals surface area contributed by atoms with E-state index in [4.69, 9.17) is 19.7 Å². The predicted molar refractivity (Wildman–Crippen MR) is 81.5 cm³/mol. The molecule has 156 valence electrons. The Morgan fingerprint density at radius 1 is 1.15 bits per heavy atom. The fraction of sp³-hybridized carbons (Fsp3) is 0.786. The van der Waals surface area contributed by atoms with E-state index in [1.54, 1.807) is 0 Å². The summed E-state index contributed by atoms with van der Waals surface area (Å²) in [5.41, 5.74) is 0. The minimum atomic E-state index is -2.44. The van der Waals surface area contributed by atoms with Crippen molar-refractivity contribution < 1.29 is 59.6 Å². The Balaban J connectivity index is 2.91. The van der Waals surface area contributed by atoms with Crippen LogP contribution < -0.4 is 5.32 Å². The minimum absolute atomic E-state index is 0.132. The highest BCUT2D eigenvalue weighted by atomic mass is 16.7. The number of carbonyl (C=O) groups excluding carboxylic acids is 3. The van der Waals surface area contributed by atoms with E-state index in [0.717, 1.165) is 6.92 Å². The van der Waals surface area contributed by atoms with Gasteiger partial charge in [-0.3, -0.25) is 4.79 Å². The van der Waals surface area contributed by atoms with Crippen molar-refractivity contribution >= 4 is 18.2 Å². The molecule has 27 heavy (non-hydrogen) atoms. The van der Waals surface area contributed by atoms with Crippen LogP contribution in [0.4, 0.5) is 0 Å². The van der Waals surface area contributed by atoms with Gasteiger partial charge in [0.2, 0.25) is 12.2 Å². The molecule has 8 N–H and O–H groups in total. The van der Waals surface area contributed by atoms with Gasteiger partial charge in [0.25, 0.3) is 0 Å². The standard InChI is InChI=1S/C14H23NO12/c1-4(18)15-7-10(22)9(21)6(3-17)26-14(7)27-13(25)12(24)11(23)8(20)5(19)2-16/h2,5-12,14,17,19-24H,3H2,1H3,(H,15,18)/t5-,6-,7-,8+,9-,10-,11-,12+,14?/m1/s1. The molecule has 1 aliphatic heterocycles. The number of ether oxygens (including phenoxy) is 2. The van der Waals surface area contributed by atoms with Crippen molar-refractivity contribution in [1.82, 2.24) is 5.32 Å². The van der Waals surface area contributed by atoms with Gasteiger partial charge in [0.05, 0.1) is 6.61 Å². The van der Waals surface area contributed by atoms with Crippen LogP contribution >= 0.6 is 0 Å². The average molecular weight is 397 g/mol.